The third-order valence-electron chi connectivity index (χ3n) is 8.39. The van der Waals surface area contributed by atoms with Gasteiger partial charge in [-0.3, -0.25) is 28.8 Å². The number of ketones is 3. The van der Waals surface area contributed by atoms with Crippen molar-refractivity contribution in [2.45, 2.75) is 71.1 Å². The Bertz CT molecular complexity index is 1020. The second-order valence-corrected chi connectivity index (χ2v) is 14.2. The highest BCUT2D eigenvalue weighted by molar-refractivity contribution is 5.78. The molecule has 0 rings (SSSR count). The maximum Gasteiger partial charge on any atom is 0.305 e. The molecule has 0 saturated carbocycles. The van der Waals surface area contributed by atoms with Crippen LogP contribution in [0.1, 0.15) is 71.1 Å². The number of carboxylic acids is 2. The van der Waals surface area contributed by atoms with E-state index in [9.17, 15) is 28.8 Å². The van der Waals surface area contributed by atoms with E-state index < -0.39 is 11.9 Å². The first-order valence-corrected chi connectivity index (χ1v) is 22.3. The Morgan fingerprint density at radius 2 is 0.672 bits per heavy atom. The van der Waals surface area contributed by atoms with Crippen molar-refractivity contribution in [1.29, 1.82) is 0 Å². The van der Waals surface area contributed by atoms with Crippen molar-refractivity contribution in [2.24, 2.45) is 5.92 Å². The van der Waals surface area contributed by atoms with Gasteiger partial charge in [-0.25, -0.2) is 0 Å². The minimum atomic E-state index is -0.912. The van der Waals surface area contributed by atoms with E-state index in [-0.39, 0.29) is 114 Å². The lowest BCUT2D eigenvalue weighted by molar-refractivity contribution is -0.139. The molecule has 21 heteroatoms. The van der Waals surface area contributed by atoms with Crippen molar-refractivity contribution < 1.29 is 95.8 Å². The fourth-order valence-electron chi connectivity index (χ4n) is 4.94. The zero-order valence-corrected chi connectivity index (χ0v) is 38.1. The summed E-state index contributed by atoms with van der Waals surface area (Å²) in [6, 6.07) is 0. The molecule has 64 heavy (non-hydrogen) atoms. The Labute approximate surface area is 378 Å². The van der Waals surface area contributed by atoms with Crippen LogP contribution < -0.4 is 5.32 Å². The molecule has 0 atom stereocenters. The minimum Gasteiger partial charge on any atom is -0.481 e. The molecule has 0 saturated heterocycles. The second kappa shape index (κ2) is 47.9. The van der Waals surface area contributed by atoms with Gasteiger partial charge in [0.05, 0.1) is 158 Å². The molecule has 1 amide bonds. The normalized spacial score (nSPS) is 11.3. The highest BCUT2D eigenvalue weighted by Crippen LogP contribution is 2.05. The summed E-state index contributed by atoms with van der Waals surface area (Å²) in [6.07, 6.45) is 2.75. The summed E-state index contributed by atoms with van der Waals surface area (Å²) in [5.41, 5.74) is 0. The van der Waals surface area contributed by atoms with Crippen molar-refractivity contribution in [2.75, 3.05) is 165 Å². The zero-order chi connectivity index (χ0) is 47.0. The standard InChI is InChI=1S/C43H77NO20/c1-37(45)6-15-55-24-30-61-33-27-58-21-12-44-41(48)9-18-64-36-38(34-62-16-7-39(46)4-2-13-53-22-28-59-31-25-56-19-10-42(49)50)35-63-17-8-40(47)5-3-14-54-23-29-60-32-26-57-20-11-43(51)52/h38H,2-36H2,1H3,(H,44,48)(H,49,50)(H,51,52). The Kier molecular flexibility index (Phi) is 45.6. The van der Waals surface area contributed by atoms with Gasteiger partial charge in [-0.1, -0.05) is 0 Å². The average molecular weight is 928 g/mol. The van der Waals surface area contributed by atoms with E-state index in [1.807, 2.05) is 0 Å². The second-order valence-electron chi connectivity index (χ2n) is 14.2. The molecule has 0 aliphatic heterocycles. The summed E-state index contributed by atoms with van der Waals surface area (Å²) in [5, 5.41) is 19.9. The number of hydrogen-bond donors (Lipinski definition) is 3. The molecule has 21 nitrogen and oxygen atoms in total. The number of carbonyl (C=O) groups is 6. The number of aliphatic carboxylic acids is 2. The van der Waals surface area contributed by atoms with Gasteiger partial charge in [0.15, 0.2) is 0 Å². The van der Waals surface area contributed by atoms with Crippen LogP contribution in [0.4, 0.5) is 0 Å². The number of rotatable bonds is 53. The molecule has 0 spiro atoms. The molecule has 0 aromatic carbocycles. The molecule has 0 aliphatic carbocycles. The summed E-state index contributed by atoms with van der Waals surface area (Å²) in [4.78, 5) is 68.8. The fraction of sp³-hybridized carbons (Fsp3) is 0.860. The van der Waals surface area contributed by atoms with Crippen LogP contribution in [0.15, 0.2) is 0 Å². The van der Waals surface area contributed by atoms with Gasteiger partial charge in [0.25, 0.3) is 0 Å². The Morgan fingerprint density at radius 1 is 0.359 bits per heavy atom. The van der Waals surface area contributed by atoms with Crippen molar-refractivity contribution in [1.82, 2.24) is 5.32 Å². The molecule has 3 N–H and O–H groups in total. The summed E-state index contributed by atoms with van der Waals surface area (Å²) in [6.45, 7) is 9.39. The molecule has 0 unspecified atom stereocenters. The smallest absolute Gasteiger partial charge is 0.305 e. The molecule has 374 valence electrons. The monoisotopic (exact) mass is 928 g/mol. The molecule has 0 bridgehead atoms. The maximum atomic E-state index is 12.4. The van der Waals surface area contributed by atoms with Crippen LogP contribution >= 0.6 is 0 Å². The number of carbonyl (C=O) groups excluding carboxylic acids is 4. The molecule has 0 fully saturated rings. The number of nitrogens with one attached hydrogen (secondary N) is 1. The van der Waals surface area contributed by atoms with E-state index in [0.29, 0.717) is 144 Å². The SMILES string of the molecule is CC(=O)CCOCCOCCOCCNC(=O)CCOCC(COCCC(=O)CCCOCCOCCOCCC(=O)O)COCCC(=O)CCCOCCOCCOCCC(=O)O. The van der Waals surface area contributed by atoms with Gasteiger partial charge in [0.2, 0.25) is 5.91 Å². The average Bonchev–Trinajstić information content (AvgIpc) is 3.25. The number of amides is 1. The summed E-state index contributed by atoms with van der Waals surface area (Å²) in [5.74, 6) is -2.03. The Morgan fingerprint density at radius 3 is 1.05 bits per heavy atom. The Balaban J connectivity index is 4.28. The van der Waals surface area contributed by atoms with Crippen molar-refractivity contribution in [3.8, 4) is 0 Å². The first kappa shape index (κ1) is 60.9. The lowest BCUT2D eigenvalue weighted by atomic mass is 10.1. The zero-order valence-electron chi connectivity index (χ0n) is 38.1. The first-order chi connectivity index (χ1) is 31.1. The lowest BCUT2D eigenvalue weighted by Crippen LogP contribution is -2.29. The van der Waals surface area contributed by atoms with Gasteiger partial charge in [-0.15, -0.1) is 0 Å². The van der Waals surface area contributed by atoms with Gasteiger partial charge in [-0.2, -0.15) is 0 Å². The summed E-state index contributed by atoms with van der Waals surface area (Å²) in [7, 11) is 0. The van der Waals surface area contributed by atoms with Gasteiger partial charge in [-0.05, 0) is 19.8 Å². The van der Waals surface area contributed by atoms with Crippen LogP contribution in [-0.2, 0) is 85.6 Å². The van der Waals surface area contributed by atoms with Gasteiger partial charge >= 0.3 is 11.9 Å². The predicted molar refractivity (Wildman–Crippen MR) is 228 cm³/mol. The number of carboxylic acid groups (broad SMARTS) is 2. The summed E-state index contributed by atoms with van der Waals surface area (Å²) < 4.78 is 65.5. The lowest BCUT2D eigenvalue weighted by Gasteiger charge is -2.18. The van der Waals surface area contributed by atoms with Crippen LogP contribution in [0.2, 0.25) is 0 Å². The van der Waals surface area contributed by atoms with Crippen molar-refractivity contribution in [3.63, 3.8) is 0 Å². The molecular weight excluding hydrogens is 850 g/mol. The fourth-order valence-corrected chi connectivity index (χ4v) is 4.94. The van der Waals surface area contributed by atoms with Crippen LogP contribution in [0.25, 0.3) is 0 Å². The van der Waals surface area contributed by atoms with Gasteiger partial charge < -0.3 is 72.4 Å². The maximum absolute atomic E-state index is 12.4. The topological polar surface area (TPSA) is 266 Å². The molecule has 0 aromatic rings. The first-order valence-electron chi connectivity index (χ1n) is 22.3. The molecule has 0 aliphatic rings. The van der Waals surface area contributed by atoms with Crippen molar-refractivity contribution in [3.05, 3.63) is 0 Å². The van der Waals surface area contributed by atoms with Crippen LogP contribution in [0.5, 0.6) is 0 Å². The van der Waals surface area contributed by atoms with E-state index in [1.54, 1.807) is 0 Å². The third kappa shape index (κ3) is 49.9. The van der Waals surface area contributed by atoms with Crippen LogP contribution in [0, 0.1) is 5.92 Å². The Hall–Kier alpha value is -3.06. The summed E-state index contributed by atoms with van der Waals surface area (Å²) >= 11 is 0. The van der Waals surface area contributed by atoms with Crippen LogP contribution in [0.3, 0.4) is 0 Å². The van der Waals surface area contributed by atoms with Gasteiger partial charge in [0, 0.05) is 64.2 Å². The highest BCUT2D eigenvalue weighted by Gasteiger charge is 2.13. The molecular formula is C43H77NO20. The minimum absolute atomic E-state index is 0.0463. The van der Waals surface area contributed by atoms with Crippen LogP contribution in [-0.4, -0.2) is 211 Å². The van der Waals surface area contributed by atoms with E-state index in [2.05, 4.69) is 5.32 Å². The molecule has 0 aromatic heterocycles. The van der Waals surface area contributed by atoms with E-state index in [4.69, 9.17) is 67.1 Å². The van der Waals surface area contributed by atoms with Gasteiger partial charge in [0.1, 0.15) is 17.3 Å². The number of hydrogen-bond acceptors (Lipinski definition) is 18. The van der Waals surface area contributed by atoms with E-state index >= 15 is 0 Å². The van der Waals surface area contributed by atoms with E-state index in [1.165, 1.54) is 6.92 Å². The third-order valence-corrected chi connectivity index (χ3v) is 8.39. The highest BCUT2D eigenvalue weighted by atomic mass is 16.6. The number of Topliss-reactive ketones (excluding diaryl/α,β-unsaturated/α-hetero) is 3. The van der Waals surface area contributed by atoms with E-state index in [0.717, 1.165) is 0 Å². The van der Waals surface area contributed by atoms with Crippen molar-refractivity contribution >= 4 is 35.2 Å². The largest absolute Gasteiger partial charge is 0.481 e. The predicted octanol–water partition coefficient (Wildman–Crippen LogP) is 1.72. The number of ether oxygens (including phenoxy) is 12. The molecule has 0 radical (unpaired) electrons. The molecule has 0 heterocycles. The quantitative estimate of drug-likeness (QED) is 0.0733.